The van der Waals surface area contributed by atoms with Crippen molar-refractivity contribution in [2.45, 2.75) is 57.0 Å². The second-order valence-corrected chi connectivity index (χ2v) is 6.86. The van der Waals surface area contributed by atoms with Crippen molar-refractivity contribution in [2.24, 2.45) is 5.73 Å². The number of hydrogen-bond donors (Lipinski definition) is 1. The van der Waals surface area contributed by atoms with Crippen molar-refractivity contribution in [1.82, 2.24) is 0 Å². The number of hydrogen-bond acceptors (Lipinski definition) is 3. The average molecular weight is 326 g/mol. The van der Waals surface area contributed by atoms with E-state index in [2.05, 4.69) is 35.8 Å². The van der Waals surface area contributed by atoms with Crippen LogP contribution in [0.25, 0.3) is 0 Å². The van der Waals surface area contributed by atoms with Gasteiger partial charge in [-0.1, -0.05) is 22.0 Å². The molecule has 0 radical (unpaired) electrons. The standard InChI is InChI=1S/C15H20BrNO2/c1-9-6-15(7-10(2)18-9)8-13(17)12-4-3-11(16)5-14(12)19-15/h3-5,9-10,13H,6-8,17H2,1-2H3/t9?,10?,13-,15?/m0/s1. The van der Waals surface area contributed by atoms with Gasteiger partial charge in [0.15, 0.2) is 0 Å². The Morgan fingerprint density at radius 3 is 2.58 bits per heavy atom. The first kappa shape index (κ1) is 13.4. The Morgan fingerprint density at radius 1 is 1.21 bits per heavy atom. The first-order valence-electron chi connectivity index (χ1n) is 6.87. The van der Waals surface area contributed by atoms with E-state index in [0.29, 0.717) is 0 Å². The van der Waals surface area contributed by atoms with E-state index in [0.717, 1.165) is 35.0 Å². The number of nitrogens with two attached hydrogens (primary N) is 1. The molecule has 0 bridgehead atoms. The van der Waals surface area contributed by atoms with Crippen molar-refractivity contribution >= 4 is 15.9 Å². The lowest BCUT2D eigenvalue weighted by Gasteiger charge is -2.47. The Morgan fingerprint density at radius 2 is 1.89 bits per heavy atom. The Hall–Kier alpha value is -0.580. The predicted molar refractivity (Wildman–Crippen MR) is 78.3 cm³/mol. The van der Waals surface area contributed by atoms with E-state index in [9.17, 15) is 0 Å². The van der Waals surface area contributed by atoms with Gasteiger partial charge in [-0.15, -0.1) is 0 Å². The number of ether oxygens (including phenoxy) is 2. The van der Waals surface area contributed by atoms with Gasteiger partial charge in [-0.3, -0.25) is 0 Å². The Bertz CT molecular complexity index is 481. The minimum atomic E-state index is -0.162. The lowest BCUT2D eigenvalue weighted by Crippen LogP contribution is -2.51. The average Bonchev–Trinajstić information content (AvgIpc) is 2.25. The molecule has 2 unspecified atom stereocenters. The maximum Gasteiger partial charge on any atom is 0.126 e. The number of halogens is 1. The van der Waals surface area contributed by atoms with Crippen molar-refractivity contribution in [1.29, 1.82) is 0 Å². The summed E-state index contributed by atoms with van der Waals surface area (Å²) >= 11 is 3.50. The van der Waals surface area contributed by atoms with Crippen molar-refractivity contribution in [2.75, 3.05) is 0 Å². The van der Waals surface area contributed by atoms with Crippen LogP contribution in [0.1, 0.15) is 44.7 Å². The van der Waals surface area contributed by atoms with E-state index in [4.69, 9.17) is 15.2 Å². The first-order valence-corrected chi connectivity index (χ1v) is 7.66. The van der Waals surface area contributed by atoms with Gasteiger partial charge < -0.3 is 15.2 Å². The van der Waals surface area contributed by atoms with Crippen molar-refractivity contribution in [3.63, 3.8) is 0 Å². The third kappa shape index (κ3) is 2.54. The molecule has 19 heavy (non-hydrogen) atoms. The fourth-order valence-electron chi connectivity index (χ4n) is 3.56. The summed E-state index contributed by atoms with van der Waals surface area (Å²) in [4.78, 5) is 0. The summed E-state index contributed by atoms with van der Waals surface area (Å²) in [6.07, 6.45) is 3.16. The summed E-state index contributed by atoms with van der Waals surface area (Å²) in [6, 6.07) is 6.16. The van der Waals surface area contributed by atoms with Crippen LogP contribution in [0.2, 0.25) is 0 Å². The van der Waals surface area contributed by atoms with Gasteiger partial charge in [0.05, 0.1) is 12.2 Å². The molecule has 1 spiro atoms. The molecule has 3 rings (SSSR count). The minimum absolute atomic E-state index is 0.0503. The summed E-state index contributed by atoms with van der Waals surface area (Å²) < 4.78 is 13.2. The number of rotatable bonds is 0. The SMILES string of the molecule is CC1CC2(CC(C)O1)C[C@H](N)c1ccc(Br)cc1O2. The molecule has 0 aromatic heterocycles. The van der Waals surface area contributed by atoms with Crippen LogP contribution in [-0.4, -0.2) is 17.8 Å². The molecule has 3 atom stereocenters. The van der Waals surface area contributed by atoms with E-state index >= 15 is 0 Å². The second kappa shape index (κ2) is 4.76. The normalized spacial score (nSPS) is 37.8. The van der Waals surface area contributed by atoms with Gasteiger partial charge in [-0.25, -0.2) is 0 Å². The smallest absolute Gasteiger partial charge is 0.126 e. The fraction of sp³-hybridized carbons (Fsp3) is 0.600. The van der Waals surface area contributed by atoms with Crippen LogP contribution in [-0.2, 0) is 4.74 Å². The molecule has 104 valence electrons. The molecule has 4 heteroatoms. The topological polar surface area (TPSA) is 44.5 Å². The van der Waals surface area contributed by atoms with Crippen LogP contribution in [0.15, 0.2) is 22.7 Å². The number of fused-ring (bicyclic) bond motifs is 1. The van der Waals surface area contributed by atoms with E-state index in [1.807, 2.05) is 12.1 Å². The van der Waals surface area contributed by atoms with E-state index in [1.165, 1.54) is 0 Å². The molecule has 1 fully saturated rings. The molecule has 2 heterocycles. The maximum absolute atomic E-state index is 6.36. The Kier molecular flexibility index (Phi) is 3.36. The quantitative estimate of drug-likeness (QED) is 0.793. The minimum Gasteiger partial charge on any atom is -0.487 e. The van der Waals surface area contributed by atoms with Gasteiger partial charge in [0.25, 0.3) is 0 Å². The largest absolute Gasteiger partial charge is 0.487 e. The maximum atomic E-state index is 6.36. The molecule has 3 nitrogen and oxygen atoms in total. The molecule has 2 N–H and O–H groups in total. The van der Waals surface area contributed by atoms with Crippen LogP contribution in [0.5, 0.6) is 5.75 Å². The summed E-state index contributed by atoms with van der Waals surface area (Å²) in [5.41, 5.74) is 7.31. The van der Waals surface area contributed by atoms with Crippen molar-refractivity contribution < 1.29 is 9.47 Å². The van der Waals surface area contributed by atoms with Gasteiger partial charge >= 0.3 is 0 Å². The second-order valence-electron chi connectivity index (χ2n) is 5.94. The van der Waals surface area contributed by atoms with Crippen LogP contribution >= 0.6 is 15.9 Å². The molecule has 0 amide bonds. The lowest BCUT2D eigenvalue weighted by atomic mass is 9.79. The Balaban J connectivity index is 1.95. The summed E-state index contributed by atoms with van der Waals surface area (Å²) in [6.45, 7) is 4.23. The van der Waals surface area contributed by atoms with Crippen LogP contribution in [0, 0.1) is 0 Å². The third-order valence-electron chi connectivity index (χ3n) is 4.08. The van der Waals surface area contributed by atoms with E-state index in [-0.39, 0.29) is 23.9 Å². The number of benzene rings is 1. The zero-order valence-corrected chi connectivity index (χ0v) is 12.9. The monoisotopic (exact) mass is 325 g/mol. The Labute approximate surface area is 122 Å². The summed E-state index contributed by atoms with van der Waals surface area (Å²) in [5, 5.41) is 0. The molecular formula is C15H20BrNO2. The zero-order chi connectivity index (χ0) is 13.6. The molecule has 0 aliphatic carbocycles. The molecular weight excluding hydrogens is 306 g/mol. The van der Waals surface area contributed by atoms with Gasteiger partial charge in [-0.2, -0.15) is 0 Å². The van der Waals surface area contributed by atoms with Gasteiger partial charge in [0, 0.05) is 35.3 Å². The van der Waals surface area contributed by atoms with E-state index in [1.54, 1.807) is 0 Å². The molecule has 1 aromatic rings. The summed E-state index contributed by atoms with van der Waals surface area (Å²) in [5.74, 6) is 0.925. The van der Waals surface area contributed by atoms with Crippen molar-refractivity contribution in [3.05, 3.63) is 28.2 Å². The highest BCUT2D eigenvalue weighted by Gasteiger charge is 2.45. The van der Waals surface area contributed by atoms with Crippen LogP contribution in [0.3, 0.4) is 0 Å². The zero-order valence-electron chi connectivity index (χ0n) is 11.4. The highest BCUT2D eigenvalue weighted by atomic mass is 79.9. The first-order chi connectivity index (χ1) is 8.97. The van der Waals surface area contributed by atoms with Crippen LogP contribution in [0.4, 0.5) is 0 Å². The predicted octanol–water partition coefficient (Wildman–Crippen LogP) is 3.56. The van der Waals surface area contributed by atoms with Gasteiger partial charge in [0.1, 0.15) is 11.4 Å². The summed E-state index contributed by atoms with van der Waals surface area (Å²) in [7, 11) is 0. The highest BCUT2D eigenvalue weighted by molar-refractivity contribution is 9.10. The lowest BCUT2D eigenvalue weighted by molar-refractivity contribution is -0.129. The van der Waals surface area contributed by atoms with Gasteiger partial charge in [0.2, 0.25) is 0 Å². The third-order valence-corrected chi connectivity index (χ3v) is 4.57. The highest BCUT2D eigenvalue weighted by Crippen LogP contribution is 2.46. The molecule has 0 saturated carbocycles. The van der Waals surface area contributed by atoms with Crippen molar-refractivity contribution in [3.8, 4) is 5.75 Å². The molecule has 2 aliphatic heterocycles. The fourth-order valence-corrected chi connectivity index (χ4v) is 3.90. The van der Waals surface area contributed by atoms with Crippen LogP contribution < -0.4 is 10.5 Å². The van der Waals surface area contributed by atoms with E-state index < -0.39 is 0 Å². The molecule has 1 aromatic carbocycles. The van der Waals surface area contributed by atoms with Gasteiger partial charge in [-0.05, 0) is 26.0 Å². The molecule has 1 saturated heterocycles. The molecule has 2 aliphatic rings.